The largest absolute Gasteiger partial charge is 0.381 e. The molecule has 118 valence electrons. The van der Waals surface area contributed by atoms with Crippen LogP contribution in [0.15, 0.2) is 30.3 Å². The van der Waals surface area contributed by atoms with E-state index >= 15 is 0 Å². The molecule has 1 aromatic rings. The van der Waals surface area contributed by atoms with Gasteiger partial charge in [-0.3, -0.25) is 0 Å². The van der Waals surface area contributed by atoms with Gasteiger partial charge in [0.15, 0.2) is 0 Å². The predicted molar refractivity (Wildman–Crippen MR) is 90.0 cm³/mol. The number of unbranched alkanes of at least 4 members (excludes halogenated alkanes) is 1. The quantitative estimate of drug-likeness (QED) is 0.755. The predicted octanol–water partition coefficient (Wildman–Crippen LogP) is 3.31. The number of benzene rings is 1. The summed E-state index contributed by atoms with van der Waals surface area (Å²) in [6, 6.07) is 10.8. The summed E-state index contributed by atoms with van der Waals surface area (Å²) in [5, 5.41) is 3.54. The van der Waals surface area contributed by atoms with E-state index in [1.54, 1.807) is 0 Å². The first kappa shape index (κ1) is 16.3. The van der Waals surface area contributed by atoms with Crippen LogP contribution in [0.2, 0.25) is 0 Å². The van der Waals surface area contributed by atoms with Crippen LogP contribution in [-0.4, -0.2) is 39.4 Å². The van der Waals surface area contributed by atoms with Crippen molar-refractivity contribution < 1.29 is 4.74 Å². The number of nitrogens with zero attached hydrogens (tertiary/aromatic N) is 1. The van der Waals surface area contributed by atoms with Crippen LogP contribution in [0.3, 0.4) is 0 Å². The minimum atomic E-state index is 0.263. The van der Waals surface area contributed by atoms with Crippen LogP contribution in [0.25, 0.3) is 0 Å². The summed E-state index contributed by atoms with van der Waals surface area (Å²) in [4.78, 5) is 2.55. The topological polar surface area (TPSA) is 24.5 Å². The van der Waals surface area contributed by atoms with Gasteiger partial charge in [-0.25, -0.2) is 0 Å². The third-order valence-electron chi connectivity index (χ3n) is 4.36. The van der Waals surface area contributed by atoms with Gasteiger partial charge in [0.05, 0.1) is 6.61 Å². The van der Waals surface area contributed by atoms with Gasteiger partial charge in [0.2, 0.25) is 0 Å². The molecular weight excluding hydrogens is 260 g/mol. The zero-order chi connectivity index (χ0) is 15.0. The third-order valence-corrected chi connectivity index (χ3v) is 4.36. The first-order valence-corrected chi connectivity index (χ1v) is 8.38. The first-order chi connectivity index (χ1) is 10.3. The van der Waals surface area contributed by atoms with Gasteiger partial charge in [-0.15, -0.1) is 0 Å². The Kier molecular flexibility index (Phi) is 6.52. The standard InChI is InChI=1S/C18H30N2O/c1-3-5-12-20(17-9-7-6-8-10-17)15-18(14-19-4-2)11-13-21-16-18/h6-10,19H,3-5,11-16H2,1-2H3. The van der Waals surface area contributed by atoms with Crippen LogP contribution in [0.4, 0.5) is 5.69 Å². The van der Waals surface area contributed by atoms with Crippen LogP contribution < -0.4 is 10.2 Å². The summed E-state index contributed by atoms with van der Waals surface area (Å²) in [6.45, 7) is 10.5. The maximum Gasteiger partial charge on any atom is 0.0552 e. The lowest BCUT2D eigenvalue weighted by Gasteiger charge is -2.36. The maximum atomic E-state index is 5.73. The fourth-order valence-corrected chi connectivity index (χ4v) is 3.05. The van der Waals surface area contributed by atoms with Crippen molar-refractivity contribution in [2.75, 3.05) is 44.3 Å². The van der Waals surface area contributed by atoms with Crippen LogP contribution >= 0.6 is 0 Å². The highest BCUT2D eigenvalue weighted by molar-refractivity contribution is 5.46. The SMILES string of the molecule is CCCCN(CC1(CNCC)CCOC1)c1ccccc1. The first-order valence-electron chi connectivity index (χ1n) is 8.38. The summed E-state index contributed by atoms with van der Waals surface area (Å²) in [7, 11) is 0. The summed E-state index contributed by atoms with van der Waals surface area (Å²) >= 11 is 0. The molecule has 1 aliphatic rings. The highest BCUT2D eigenvalue weighted by Gasteiger charge is 2.36. The molecule has 1 saturated heterocycles. The van der Waals surface area contributed by atoms with Crippen molar-refractivity contribution in [3.8, 4) is 0 Å². The molecule has 3 heteroatoms. The Labute approximate surface area is 129 Å². The lowest BCUT2D eigenvalue weighted by Crippen LogP contribution is -2.45. The van der Waals surface area contributed by atoms with E-state index in [4.69, 9.17) is 4.74 Å². The molecule has 0 bridgehead atoms. The van der Waals surface area contributed by atoms with E-state index in [9.17, 15) is 0 Å². The van der Waals surface area contributed by atoms with E-state index in [2.05, 4.69) is 54.4 Å². The van der Waals surface area contributed by atoms with Crippen molar-refractivity contribution in [1.29, 1.82) is 0 Å². The number of anilines is 1. The second-order valence-electron chi connectivity index (χ2n) is 6.19. The van der Waals surface area contributed by atoms with Crippen molar-refractivity contribution in [3.63, 3.8) is 0 Å². The monoisotopic (exact) mass is 290 g/mol. The minimum Gasteiger partial charge on any atom is -0.381 e. The van der Waals surface area contributed by atoms with Crippen LogP contribution in [0, 0.1) is 5.41 Å². The van der Waals surface area contributed by atoms with Crippen LogP contribution in [0.1, 0.15) is 33.1 Å². The molecule has 0 aromatic heterocycles. The average molecular weight is 290 g/mol. The van der Waals surface area contributed by atoms with E-state index in [-0.39, 0.29) is 5.41 Å². The van der Waals surface area contributed by atoms with Gasteiger partial charge in [0.1, 0.15) is 0 Å². The van der Waals surface area contributed by atoms with Crippen molar-refractivity contribution >= 4 is 5.69 Å². The van der Waals surface area contributed by atoms with Gasteiger partial charge in [0.25, 0.3) is 0 Å². The Balaban J connectivity index is 2.08. The molecule has 0 spiro atoms. The van der Waals surface area contributed by atoms with E-state index in [1.807, 2.05) is 0 Å². The zero-order valence-corrected chi connectivity index (χ0v) is 13.6. The molecule has 3 nitrogen and oxygen atoms in total. The Morgan fingerprint density at radius 2 is 2.05 bits per heavy atom. The van der Waals surface area contributed by atoms with Gasteiger partial charge in [-0.2, -0.15) is 0 Å². The van der Waals surface area contributed by atoms with Crippen LogP contribution in [-0.2, 0) is 4.74 Å². The molecule has 0 amide bonds. The molecule has 0 radical (unpaired) electrons. The van der Waals surface area contributed by atoms with Crippen molar-refractivity contribution in [2.45, 2.75) is 33.1 Å². The molecule has 1 fully saturated rings. The van der Waals surface area contributed by atoms with Gasteiger partial charge in [-0.05, 0) is 31.5 Å². The van der Waals surface area contributed by atoms with E-state index in [0.717, 1.165) is 45.8 Å². The molecule has 21 heavy (non-hydrogen) atoms. The normalized spacial score (nSPS) is 21.6. The highest BCUT2D eigenvalue weighted by atomic mass is 16.5. The lowest BCUT2D eigenvalue weighted by atomic mass is 9.86. The molecule has 1 N–H and O–H groups in total. The lowest BCUT2D eigenvalue weighted by molar-refractivity contribution is 0.152. The molecule has 1 heterocycles. The van der Waals surface area contributed by atoms with Gasteiger partial charge in [-0.1, -0.05) is 38.5 Å². The highest BCUT2D eigenvalue weighted by Crippen LogP contribution is 2.31. The molecule has 2 rings (SSSR count). The van der Waals surface area contributed by atoms with Crippen molar-refractivity contribution in [2.24, 2.45) is 5.41 Å². The summed E-state index contributed by atoms with van der Waals surface area (Å²) in [5.41, 5.74) is 1.60. The fraction of sp³-hybridized carbons (Fsp3) is 0.667. The average Bonchev–Trinajstić information content (AvgIpc) is 2.99. The fourth-order valence-electron chi connectivity index (χ4n) is 3.05. The smallest absolute Gasteiger partial charge is 0.0552 e. The molecule has 1 unspecified atom stereocenters. The Morgan fingerprint density at radius 1 is 1.24 bits per heavy atom. The molecular formula is C18H30N2O. The Bertz CT molecular complexity index is 387. The molecule has 0 saturated carbocycles. The Hall–Kier alpha value is -1.06. The minimum absolute atomic E-state index is 0.263. The third kappa shape index (κ3) is 4.72. The number of para-hydroxylation sites is 1. The Morgan fingerprint density at radius 3 is 2.67 bits per heavy atom. The number of hydrogen-bond acceptors (Lipinski definition) is 3. The molecule has 1 atom stereocenters. The van der Waals surface area contributed by atoms with E-state index < -0.39 is 0 Å². The molecule has 0 aliphatic carbocycles. The van der Waals surface area contributed by atoms with Gasteiger partial charge in [0, 0.05) is 37.3 Å². The number of nitrogens with one attached hydrogen (secondary N) is 1. The summed E-state index contributed by atoms with van der Waals surface area (Å²) in [5.74, 6) is 0. The van der Waals surface area contributed by atoms with Gasteiger partial charge >= 0.3 is 0 Å². The number of ether oxygens (including phenoxy) is 1. The second kappa shape index (κ2) is 8.40. The van der Waals surface area contributed by atoms with Crippen LogP contribution in [0.5, 0.6) is 0 Å². The van der Waals surface area contributed by atoms with Gasteiger partial charge < -0.3 is 15.0 Å². The summed E-state index contributed by atoms with van der Waals surface area (Å²) in [6.07, 6.45) is 3.64. The zero-order valence-electron chi connectivity index (χ0n) is 13.6. The second-order valence-corrected chi connectivity index (χ2v) is 6.19. The summed E-state index contributed by atoms with van der Waals surface area (Å²) < 4.78 is 5.73. The van der Waals surface area contributed by atoms with Crippen molar-refractivity contribution in [3.05, 3.63) is 30.3 Å². The number of rotatable bonds is 9. The molecule has 1 aromatic carbocycles. The van der Waals surface area contributed by atoms with Crippen molar-refractivity contribution in [1.82, 2.24) is 5.32 Å². The number of hydrogen-bond donors (Lipinski definition) is 1. The maximum absolute atomic E-state index is 5.73. The van der Waals surface area contributed by atoms with E-state index in [1.165, 1.54) is 18.5 Å². The van der Waals surface area contributed by atoms with E-state index in [0.29, 0.717) is 0 Å². The molecule has 1 aliphatic heterocycles.